The first-order valence-electron chi connectivity index (χ1n) is 11.0. The number of benzene rings is 1. The van der Waals surface area contributed by atoms with Gasteiger partial charge in [0.2, 0.25) is 10.0 Å². The Morgan fingerprint density at radius 1 is 0.964 bits per heavy atom. The highest BCUT2D eigenvalue weighted by Crippen LogP contribution is 2.24. The molecule has 0 unspecified atom stereocenters. The number of unbranched alkanes of at least 4 members (excludes halogenated alkanes) is 4. The standard InChI is InChI=1S/C23H41NO3S/c1-5-7-9-10-14-21(20-24(19-8-6-2)28(4,25)26)15-13-17-22-16-11-12-18-23(22)27-3/h11-12,16,18,21H,5-10,13-15,17,19-20H2,1-4H3/t21-/m0/s1. The number of aryl methyl sites for hydroxylation is 1. The van der Waals surface area contributed by atoms with E-state index >= 15 is 0 Å². The Bertz CT molecular complexity index is 630. The van der Waals surface area contributed by atoms with Gasteiger partial charge in [0.25, 0.3) is 0 Å². The summed E-state index contributed by atoms with van der Waals surface area (Å²) in [6.45, 7) is 5.64. The lowest BCUT2D eigenvalue weighted by molar-refractivity contribution is 0.303. The molecular weight excluding hydrogens is 370 g/mol. The van der Waals surface area contributed by atoms with Gasteiger partial charge in [-0.05, 0) is 49.7 Å². The predicted octanol–water partition coefficient (Wildman–Crippen LogP) is 5.67. The highest BCUT2D eigenvalue weighted by atomic mass is 32.2. The number of rotatable bonds is 16. The predicted molar refractivity (Wildman–Crippen MR) is 120 cm³/mol. The first kappa shape index (κ1) is 25.0. The molecule has 0 bridgehead atoms. The molecule has 0 spiro atoms. The van der Waals surface area contributed by atoms with E-state index in [4.69, 9.17) is 4.74 Å². The highest BCUT2D eigenvalue weighted by Gasteiger charge is 2.21. The largest absolute Gasteiger partial charge is 0.496 e. The lowest BCUT2D eigenvalue weighted by atomic mass is 9.93. The van der Waals surface area contributed by atoms with Gasteiger partial charge in [0.1, 0.15) is 5.75 Å². The Hall–Kier alpha value is -1.07. The summed E-state index contributed by atoms with van der Waals surface area (Å²) in [4.78, 5) is 0. The van der Waals surface area contributed by atoms with E-state index in [0.29, 0.717) is 19.0 Å². The molecule has 0 aliphatic heterocycles. The number of sulfonamides is 1. The van der Waals surface area contributed by atoms with Crippen molar-refractivity contribution in [1.82, 2.24) is 4.31 Å². The fourth-order valence-corrected chi connectivity index (χ4v) is 4.63. The fraction of sp³-hybridized carbons (Fsp3) is 0.739. The van der Waals surface area contributed by atoms with Crippen LogP contribution in [0.15, 0.2) is 24.3 Å². The average Bonchev–Trinajstić information content (AvgIpc) is 2.67. The van der Waals surface area contributed by atoms with Gasteiger partial charge in [0.15, 0.2) is 0 Å². The zero-order chi connectivity index (χ0) is 20.8. The normalized spacial score (nSPS) is 13.0. The molecule has 0 amide bonds. The van der Waals surface area contributed by atoms with E-state index in [1.54, 1.807) is 11.4 Å². The minimum absolute atomic E-state index is 0.429. The van der Waals surface area contributed by atoms with Crippen LogP contribution in [0.2, 0.25) is 0 Å². The zero-order valence-electron chi connectivity index (χ0n) is 18.5. The van der Waals surface area contributed by atoms with Gasteiger partial charge in [-0.2, -0.15) is 0 Å². The summed E-state index contributed by atoms with van der Waals surface area (Å²) in [6.07, 6.45) is 12.4. The number of hydrogen-bond acceptors (Lipinski definition) is 3. The molecule has 0 aliphatic carbocycles. The summed E-state index contributed by atoms with van der Waals surface area (Å²) in [6, 6.07) is 8.18. The molecule has 0 saturated heterocycles. The van der Waals surface area contributed by atoms with Crippen molar-refractivity contribution in [3.63, 3.8) is 0 Å². The van der Waals surface area contributed by atoms with Gasteiger partial charge in [0, 0.05) is 13.1 Å². The second-order valence-corrected chi connectivity index (χ2v) is 9.88. The number of ether oxygens (including phenoxy) is 1. The summed E-state index contributed by atoms with van der Waals surface area (Å²) in [7, 11) is -1.43. The van der Waals surface area contributed by atoms with Crippen molar-refractivity contribution in [3.05, 3.63) is 29.8 Å². The van der Waals surface area contributed by atoms with Crippen LogP contribution in [-0.4, -0.2) is 39.2 Å². The maximum Gasteiger partial charge on any atom is 0.211 e. The maximum absolute atomic E-state index is 12.2. The first-order valence-corrected chi connectivity index (χ1v) is 12.8. The first-order chi connectivity index (χ1) is 13.4. The van der Waals surface area contributed by atoms with Gasteiger partial charge in [0.05, 0.1) is 13.4 Å². The molecule has 5 heteroatoms. The van der Waals surface area contributed by atoms with Crippen molar-refractivity contribution in [3.8, 4) is 5.75 Å². The molecule has 1 atom stereocenters. The van der Waals surface area contributed by atoms with E-state index in [-0.39, 0.29) is 0 Å². The van der Waals surface area contributed by atoms with Crippen LogP contribution in [0.1, 0.15) is 77.2 Å². The summed E-state index contributed by atoms with van der Waals surface area (Å²) < 4.78 is 31.6. The minimum Gasteiger partial charge on any atom is -0.496 e. The summed E-state index contributed by atoms with van der Waals surface area (Å²) >= 11 is 0. The van der Waals surface area contributed by atoms with Crippen LogP contribution in [-0.2, 0) is 16.4 Å². The molecule has 1 aromatic carbocycles. The number of hydrogen-bond donors (Lipinski definition) is 0. The number of nitrogens with zero attached hydrogens (tertiary/aromatic N) is 1. The maximum atomic E-state index is 12.2. The van der Waals surface area contributed by atoms with Crippen LogP contribution in [0.5, 0.6) is 5.75 Å². The van der Waals surface area contributed by atoms with E-state index < -0.39 is 10.0 Å². The SMILES string of the molecule is CCCCCC[C@@H](CCCc1ccccc1OC)CN(CCCC)S(C)(=O)=O. The molecular formula is C23H41NO3S. The molecule has 0 fully saturated rings. The van der Waals surface area contributed by atoms with Crippen molar-refractivity contribution in [2.24, 2.45) is 5.92 Å². The second-order valence-electron chi connectivity index (χ2n) is 7.89. The van der Waals surface area contributed by atoms with Crippen LogP contribution < -0.4 is 4.74 Å². The van der Waals surface area contributed by atoms with Gasteiger partial charge in [-0.1, -0.05) is 64.2 Å². The second kappa shape index (κ2) is 14.0. The van der Waals surface area contributed by atoms with Gasteiger partial charge in [-0.15, -0.1) is 0 Å². The van der Waals surface area contributed by atoms with E-state index in [0.717, 1.165) is 44.3 Å². The topological polar surface area (TPSA) is 46.6 Å². The summed E-state index contributed by atoms with van der Waals surface area (Å²) in [5.41, 5.74) is 1.24. The third-order valence-electron chi connectivity index (χ3n) is 5.41. The third-order valence-corrected chi connectivity index (χ3v) is 6.68. The number of para-hydroxylation sites is 1. The van der Waals surface area contributed by atoms with Crippen molar-refractivity contribution in [1.29, 1.82) is 0 Å². The van der Waals surface area contributed by atoms with E-state index in [2.05, 4.69) is 26.0 Å². The molecule has 162 valence electrons. The summed E-state index contributed by atoms with van der Waals surface area (Å²) in [5.74, 6) is 1.38. The fourth-order valence-electron chi connectivity index (χ4n) is 3.69. The molecule has 28 heavy (non-hydrogen) atoms. The lowest BCUT2D eigenvalue weighted by Gasteiger charge is -2.26. The zero-order valence-corrected chi connectivity index (χ0v) is 19.3. The molecule has 0 N–H and O–H groups in total. The molecule has 0 saturated carbocycles. The van der Waals surface area contributed by atoms with Gasteiger partial charge in [-0.25, -0.2) is 12.7 Å². The molecule has 1 rings (SSSR count). The van der Waals surface area contributed by atoms with Gasteiger partial charge >= 0.3 is 0 Å². The van der Waals surface area contributed by atoms with Crippen molar-refractivity contribution in [2.75, 3.05) is 26.5 Å². The molecule has 4 nitrogen and oxygen atoms in total. The highest BCUT2D eigenvalue weighted by molar-refractivity contribution is 7.88. The molecule has 0 heterocycles. The van der Waals surface area contributed by atoms with E-state index in [1.165, 1.54) is 37.5 Å². The van der Waals surface area contributed by atoms with Gasteiger partial charge < -0.3 is 4.74 Å². The van der Waals surface area contributed by atoms with Crippen LogP contribution in [0.25, 0.3) is 0 Å². The van der Waals surface area contributed by atoms with Crippen LogP contribution in [0.4, 0.5) is 0 Å². The van der Waals surface area contributed by atoms with Crippen LogP contribution in [0.3, 0.4) is 0 Å². The molecule has 0 aliphatic rings. The van der Waals surface area contributed by atoms with Crippen LogP contribution in [0, 0.1) is 5.92 Å². The van der Waals surface area contributed by atoms with Gasteiger partial charge in [-0.3, -0.25) is 0 Å². The molecule has 1 aromatic rings. The van der Waals surface area contributed by atoms with Crippen LogP contribution >= 0.6 is 0 Å². The van der Waals surface area contributed by atoms with E-state index in [1.807, 2.05) is 12.1 Å². The molecule has 0 radical (unpaired) electrons. The Labute approximate surface area is 173 Å². The Morgan fingerprint density at radius 2 is 1.64 bits per heavy atom. The Kier molecular flexibility index (Phi) is 12.5. The average molecular weight is 412 g/mol. The lowest BCUT2D eigenvalue weighted by Crippen LogP contribution is -2.35. The van der Waals surface area contributed by atoms with Crippen molar-refractivity contribution >= 4 is 10.0 Å². The third kappa shape index (κ3) is 9.92. The monoisotopic (exact) mass is 411 g/mol. The van der Waals surface area contributed by atoms with Crippen molar-refractivity contribution < 1.29 is 13.2 Å². The Balaban J connectivity index is 2.68. The minimum atomic E-state index is -3.14. The quantitative estimate of drug-likeness (QED) is 0.329. The van der Waals surface area contributed by atoms with Crippen molar-refractivity contribution in [2.45, 2.75) is 78.1 Å². The Morgan fingerprint density at radius 3 is 2.29 bits per heavy atom. The summed E-state index contributed by atoms with van der Waals surface area (Å²) in [5, 5.41) is 0. The number of methoxy groups -OCH3 is 1. The van der Waals surface area contributed by atoms with E-state index in [9.17, 15) is 8.42 Å². The molecule has 0 aromatic heterocycles. The smallest absolute Gasteiger partial charge is 0.211 e.